The van der Waals surface area contributed by atoms with E-state index in [4.69, 9.17) is 9.15 Å². The van der Waals surface area contributed by atoms with E-state index in [1.165, 1.54) is 12.7 Å². The summed E-state index contributed by atoms with van der Waals surface area (Å²) >= 11 is 0. The van der Waals surface area contributed by atoms with Gasteiger partial charge in [-0.05, 0) is 36.5 Å². The maximum Gasteiger partial charge on any atom is 0.260 e. The number of hydrogen-bond acceptors (Lipinski definition) is 4. The summed E-state index contributed by atoms with van der Waals surface area (Å²) in [6.07, 6.45) is 3.68. The Balaban J connectivity index is 1.51. The SMILES string of the molecule is CC1CCCN(C(=O)COc2ccc3c(=O)c(-c4ccccc4)coc3c2)C1. The van der Waals surface area contributed by atoms with Crippen LogP contribution in [0.1, 0.15) is 19.8 Å². The van der Waals surface area contributed by atoms with Gasteiger partial charge in [0.1, 0.15) is 17.6 Å². The van der Waals surface area contributed by atoms with Gasteiger partial charge < -0.3 is 14.1 Å². The fourth-order valence-electron chi connectivity index (χ4n) is 3.67. The van der Waals surface area contributed by atoms with E-state index in [9.17, 15) is 9.59 Å². The standard InChI is InChI=1S/C23H23NO4/c1-16-6-5-11-24(13-16)22(25)15-27-18-9-10-19-21(12-18)28-14-20(23(19)26)17-7-3-2-4-8-17/h2-4,7-10,12,14,16H,5-6,11,13,15H2,1H3. The number of fused-ring (bicyclic) bond motifs is 1. The zero-order chi connectivity index (χ0) is 19.5. The summed E-state index contributed by atoms with van der Waals surface area (Å²) in [4.78, 5) is 27.0. The Bertz CT molecular complexity index is 1040. The van der Waals surface area contributed by atoms with E-state index in [0.29, 0.717) is 28.2 Å². The number of carbonyl (C=O) groups excluding carboxylic acids is 1. The number of hydrogen-bond donors (Lipinski definition) is 0. The summed E-state index contributed by atoms with van der Waals surface area (Å²) in [5.74, 6) is 1.04. The smallest absolute Gasteiger partial charge is 0.260 e. The van der Waals surface area contributed by atoms with Crippen LogP contribution in [0.25, 0.3) is 22.1 Å². The lowest BCUT2D eigenvalue weighted by Crippen LogP contribution is -2.41. The molecule has 3 aromatic rings. The van der Waals surface area contributed by atoms with Gasteiger partial charge in [-0.15, -0.1) is 0 Å². The molecular formula is C23H23NO4. The van der Waals surface area contributed by atoms with E-state index in [1.54, 1.807) is 18.2 Å². The van der Waals surface area contributed by atoms with Gasteiger partial charge in [0.2, 0.25) is 0 Å². The number of piperidine rings is 1. The van der Waals surface area contributed by atoms with Crippen molar-refractivity contribution in [2.45, 2.75) is 19.8 Å². The fraction of sp³-hybridized carbons (Fsp3) is 0.304. The summed E-state index contributed by atoms with van der Waals surface area (Å²) in [6.45, 7) is 3.73. The Hall–Kier alpha value is -3.08. The minimum absolute atomic E-state index is 0.00692. The van der Waals surface area contributed by atoms with Crippen molar-refractivity contribution < 1.29 is 13.9 Å². The molecule has 1 aliphatic heterocycles. The van der Waals surface area contributed by atoms with E-state index < -0.39 is 0 Å². The molecule has 2 aromatic carbocycles. The van der Waals surface area contributed by atoms with Crippen molar-refractivity contribution in [2.75, 3.05) is 19.7 Å². The average Bonchev–Trinajstić information content (AvgIpc) is 2.73. The molecule has 0 spiro atoms. The van der Waals surface area contributed by atoms with Crippen LogP contribution in [0.4, 0.5) is 0 Å². The summed E-state index contributed by atoms with van der Waals surface area (Å²) in [6, 6.07) is 14.5. The Labute approximate surface area is 163 Å². The summed E-state index contributed by atoms with van der Waals surface area (Å²) in [7, 11) is 0. The normalized spacial score (nSPS) is 16.9. The first-order valence-corrected chi connectivity index (χ1v) is 9.63. The molecule has 1 amide bonds. The van der Waals surface area contributed by atoms with Crippen LogP contribution in [0.5, 0.6) is 5.75 Å². The molecule has 5 nitrogen and oxygen atoms in total. The van der Waals surface area contributed by atoms with Crippen molar-refractivity contribution in [3.63, 3.8) is 0 Å². The third-order valence-electron chi connectivity index (χ3n) is 5.20. The number of rotatable bonds is 4. The number of carbonyl (C=O) groups is 1. The predicted octanol–water partition coefficient (Wildman–Crippen LogP) is 4.10. The average molecular weight is 377 g/mol. The van der Waals surface area contributed by atoms with Crippen molar-refractivity contribution >= 4 is 16.9 Å². The van der Waals surface area contributed by atoms with Crippen LogP contribution in [-0.2, 0) is 4.79 Å². The van der Waals surface area contributed by atoms with E-state index >= 15 is 0 Å². The van der Waals surface area contributed by atoms with Crippen LogP contribution in [0, 0.1) is 5.92 Å². The zero-order valence-corrected chi connectivity index (χ0v) is 15.9. The van der Waals surface area contributed by atoms with E-state index in [2.05, 4.69) is 6.92 Å². The Morgan fingerprint density at radius 1 is 1.21 bits per heavy atom. The number of likely N-dealkylation sites (tertiary alicyclic amines) is 1. The first kappa shape index (κ1) is 18.3. The van der Waals surface area contributed by atoms with Crippen LogP contribution in [0.3, 0.4) is 0 Å². The van der Waals surface area contributed by atoms with Crippen LogP contribution in [0.2, 0.25) is 0 Å². The van der Waals surface area contributed by atoms with Gasteiger partial charge in [0.05, 0.1) is 10.9 Å². The molecule has 0 saturated carbocycles. The number of benzene rings is 2. The highest BCUT2D eigenvalue weighted by Crippen LogP contribution is 2.23. The number of ether oxygens (including phenoxy) is 1. The molecule has 28 heavy (non-hydrogen) atoms. The molecule has 1 atom stereocenters. The second-order valence-corrected chi connectivity index (χ2v) is 7.38. The largest absolute Gasteiger partial charge is 0.484 e. The maximum atomic E-state index is 12.8. The predicted molar refractivity (Wildman–Crippen MR) is 108 cm³/mol. The van der Waals surface area contributed by atoms with Crippen LogP contribution in [-0.4, -0.2) is 30.5 Å². The van der Waals surface area contributed by atoms with Crippen LogP contribution in [0.15, 0.2) is 64.0 Å². The van der Waals surface area contributed by atoms with Crippen molar-refractivity contribution in [2.24, 2.45) is 5.92 Å². The number of nitrogens with zero attached hydrogens (tertiary/aromatic N) is 1. The van der Waals surface area contributed by atoms with E-state index in [0.717, 1.165) is 25.1 Å². The van der Waals surface area contributed by atoms with Crippen molar-refractivity contribution in [1.29, 1.82) is 0 Å². The third kappa shape index (κ3) is 3.79. The highest BCUT2D eigenvalue weighted by molar-refractivity contribution is 5.83. The highest BCUT2D eigenvalue weighted by Gasteiger charge is 2.21. The summed E-state index contributed by atoms with van der Waals surface area (Å²) in [5.41, 5.74) is 1.70. The molecule has 1 unspecified atom stereocenters. The molecule has 0 aliphatic carbocycles. The van der Waals surface area contributed by atoms with Crippen molar-refractivity contribution in [3.05, 3.63) is 65.0 Å². The fourth-order valence-corrected chi connectivity index (χ4v) is 3.67. The first-order valence-electron chi connectivity index (χ1n) is 9.63. The first-order chi connectivity index (χ1) is 13.6. The molecule has 1 aliphatic rings. The zero-order valence-electron chi connectivity index (χ0n) is 15.9. The molecule has 0 radical (unpaired) electrons. The molecule has 0 N–H and O–H groups in total. The van der Waals surface area contributed by atoms with Gasteiger partial charge in [-0.1, -0.05) is 37.3 Å². The van der Waals surface area contributed by atoms with Gasteiger partial charge in [-0.3, -0.25) is 9.59 Å². The molecule has 1 saturated heterocycles. The Morgan fingerprint density at radius 2 is 2.04 bits per heavy atom. The molecule has 0 bridgehead atoms. The van der Waals surface area contributed by atoms with Gasteiger partial charge in [0, 0.05) is 19.2 Å². The molecule has 5 heteroatoms. The molecular weight excluding hydrogens is 354 g/mol. The Kier molecular flexibility index (Phi) is 5.15. The topological polar surface area (TPSA) is 59.8 Å². The monoisotopic (exact) mass is 377 g/mol. The Morgan fingerprint density at radius 3 is 2.82 bits per heavy atom. The molecule has 1 fully saturated rings. The van der Waals surface area contributed by atoms with Gasteiger partial charge in [0.25, 0.3) is 5.91 Å². The van der Waals surface area contributed by atoms with Crippen LogP contribution >= 0.6 is 0 Å². The third-order valence-corrected chi connectivity index (χ3v) is 5.20. The van der Waals surface area contributed by atoms with Crippen LogP contribution < -0.4 is 10.2 Å². The lowest BCUT2D eigenvalue weighted by molar-refractivity contribution is -0.135. The van der Waals surface area contributed by atoms with Gasteiger partial charge in [0.15, 0.2) is 12.0 Å². The quantitative estimate of drug-likeness (QED) is 0.687. The molecule has 144 valence electrons. The van der Waals surface area contributed by atoms with E-state index in [-0.39, 0.29) is 17.9 Å². The molecule has 2 heterocycles. The van der Waals surface area contributed by atoms with Crippen molar-refractivity contribution in [1.82, 2.24) is 4.90 Å². The minimum atomic E-state index is -0.0858. The number of amides is 1. The highest BCUT2D eigenvalue weighted by atomic mass is 16.5. The molecule has 4 rings (SSSR count). The van der Waals surface area contributed by atoms with Gasteiger partial charge >= 0.3 is 0 Å². The van der Waals surface area contributed by atoms with Crippen molar-refractivity contribution in [3.8, 4) is 16.9 Å². The lowest BCUT2D eigenvalue weighted by atomic mass is 10.0. The second-order valence-electron chi connectivity index (χ2n) is 7.38. The second kappa shape index (κ2) is 7.89. The van der Waals surface area contributed by atoms with E-state index in [1.807, 2.05) is 35.2 Å². The van der Waals surface area contributed by atoms with Gasteiger partial charge in [-0.25, -0.2) is 0 Å². The summed E-state index contributed by atoms with van der Waals surface area (Å²) in [5, 5.41) is 0.491. The maximum absolute atomic E-state index is 12.8. The lowest BCUT2D eigenvalue weighted by Gasteiger charge is -2.30. The summed E-state index contributed by atoms with van der Waals surface area (Å²) < 4.78 is 11.3. The molecule has 1 aromatic heterocycles. The minimum Gasteiger partial charge on any atom is -0.484 e. The van der Waals surface area contributed by atoms with Gasteiger partial charge in [-0.2, -0.15) is 0 Å².